The van der Waals surface area contributed by atoms with Gasteiger partial charge in [0, 0.05) is 19.0 Å². The fourth-order valence-electron chi connectivity index (χ4n) is 2.54. The van der Waals surface area contributed by atoms with Gasteiger partial charge in [0.05, 0.1) is 26.5 Å². The lowest BCUT2D eigenvalue weighted by Crippen LogP contribution is -2.28. The van der Waals surface area contributed by atoms with Crippen LogP contribution in [0.3, 0.4) is 0 Å². The highest BCUT2D eigenvalue weighted by atomic mass is 32.1. The van der Waals surface area contributed by atoms with Gasteiger partial charge >= 0.3 is 0 Å². The van der Waals surface area contributed by atoms with Crippen molar-refractivity contribution in [2.75, 3.05) is 27.4 Å². The van der Waals surface area contributed by atoms with Gasteiger partial charge in [-0.3, -0.25) is 5.43 Å². The van der Waals surface area contributed by atoms with Crippen LogP contribution < -0.4 is 25.0 Å². The van der Waals surface area contributed by atoms with Crippen LogP contribution in [0.5, 0.6) is 17.2 Å². The first-order valence-electron chi connectivity index (χ1n) is 9.05. The zero-order valence-electron chi connectivity index (χ0n) is 16.7. The van der Waals surface area contributed by atoms with E-state index in [1.54, 1.807) is 20.4 Å². The Balaban J connectivity index is 1.92. The highest BCUT2D eigenvalue weighted by molar-refractivity contribution is 7.80. The number of hydrogen-bond acceptors (Lipinski definition) is 5. The van der Waals surface area contributed by atoms with Crippen LogP contribution in [0, 0.1) is 13.8 Å². The normalized spacial score (nSPS) is 10.6. The van der Waals surface area contributed by atoms with Crippen LogP contribution in [0.4, 0.5) is 0 Å². The molecule has 0 saturated carbocycles. The summed E-state index contributed by atoms with van der Waals surface area (Å²) < 4.78 is 17.2. The highest BCUT2D eigenvalue weighted by Gasteiger charge is 2.09. The number of ether oxygens (including phenoxy) is 3. The monoisotopic (exact) mass is 401 g/mol. The summed E-state index contributed by atoms with van der Waals surface area (Å²) in [6, 6.07) is 11.8. The summed E-state index contributed by atoms with van der Waals surface area (Å²) in [5.41, 5.74) is 5.88. The molecular weight excluding hydrogens is 374 g/mol. The van der Waals surface area contributed by atoms with Gasteiger partial charge in [0.2, 0.25) is 0 Å². The van der Waals surface area contributed by atoms with Gasteiger partial charge in [0.25, 0.3) is 0 Å². The van der Waals surface area contributed by atoms with E-state index in [1.807, 2.05) is 37.3 Å². The third-order valence-electron chi connectivity index (χ3n) is 3.95. The molecule has 0 aliphatic carbocycles. The molecule has 0 bridgehead atoms. The van der Waals surface area contributed by atoms with Crippen molar-refractivity contribution in [3.8, 4) is 17.2 Å². The van der Waals surface area contributed by atoms with Crippen LogP contribution in [-0.2, 0) is 0 Å². The van der Waals surface area contributed by atoms with Crippen molar-refractivity contribution in [2.24, 2.45) is 5.10 Å². The molecule has 150 valence electrons. The van der Waals surface area contributed by atoms with E-state index in [-0.39, 0.29) is 0 Å². The molecule has 0 aromatic heterocycles. The average molecular weight is 402 g/mol. The summed E-state index contributed by atoms with van der Waals surface area (Å²) in [5.74, 6) is 2.19. The Morgan fingerprint density at radius 2 is 1.89 bits per heavy atom. The molecule has 0 atom stereocenters. The molecule has 0 radical (unpaired) electrons. The van der Waals surface area contributed by atoms with Crippen molar-refractivity contribution < 1.29 is 14.2 Å². The summed E-state index contributed by atoms with van der Waals surface area (Å²) in [6.45, 7) is 5.18. The number of nitrogens with one attached hydrogen (secondary N) is 2. The Bertz CT molecular complexity index is 825. The fourth-order valence-corrected chi connectivity index (χ4v) is 2.60. The molecule has 0 amide bonds. The molecular formula is C21H27N3O3S. The van der Waals surface area contributed by atoms with Gasteiger partial charge in [-0.05, 0) is 49.8 Å². The van der Waals surface area contributed by atoms with Gasteiger partial charge in [0.1, 0.15) is 5.75 Å². The van der Waals surface area contributed by atoms with Crippen LogP contribution in [0.25, 0.3) is 0 Å². The quantitative estimate of drug-likeness (QED) is 0.290. The van der Waals surface area contributed by atoms with Crippen molar-refractivity contribution in [3.63, 3.8) is 0 Å². The van der Waals surface area contributed by atoms with Crippen LogP contribution in [0.15, 0.2) is 41.5 Å². The molecule has 28 heavy (non-hydrogen) atoms. The van der Waals surface area contributed by atoms with E-state index < -0.39 is 0 Å². The summed E-state index contributed by atoms with van der Waals surface area (Å²) in [6.07, 6.45) is 2.39. The van der Waals surface area contributed by atoms with E-state index in [4.69, 9.17) is 26.4 Å². The second-order valence-corrected chi connectivity index (χ2v) is 6.56. The number of thiocarbonyl (C=S) groups is 1. The van der Waals surface area contributed by atoms with Gasteiger partial charge in [-0.25, -0.2) is 0 Å². The molecule has 2 rings (SSSR count). The number of rotatable bonds is 9. The average Bonchev–Trinajstić information content (AvgIpc) is 2.69. The van der Waals surface area contributed by atoms with Gasteiger partial charge in [-0.15, -0.1) is 0 Å². The number of benzene rings is 2. The lowest BCUT2D eigenvalue weighted by atomic mass is 10.1. The molecule has 0 aliphatic heterocycles. The molecule has 0 fully saturated rings. The Kier molecular flexibility index (Phi) is 8.55. The van der Waals surface area contributed by atoms with Gasteiger partial charge in [-0.2, -0.15) is 5.10 Å². The number of aryl methyl sites for hydroxylation is 2. The molecule has 0 aliphatic rings. The lowest BCUT2D eigenvalue weighted by Gasteiger charge is -2.14. The molecule has 2 N–H and O–H groups in total. The first-order valence-corrected chi connectivity index (χ1v) is 9.46. The Morgan fingerprint density at radius 3 is 2.61 bits per heavy atom. The minimum atomic E-state index is 0.435. The predicted octanol–water partition coefficient (Wildman–Crippen LogP) is 3.59. The molecule has 0 heterocycles. The molecule has 7 heteroatoms. The fraction of sp³-hybridized carbons (Fsp3) is 0.333. The standard InChI is InChI=1S/C21H27N3O3S/c1-15-9-10-18(16(2)13-15)26-11-6-12-27-20-17(7-5-8-19(20)25-4)14-23-24-21(28)22-3/h5,7-10,13-14H,6,11-12H2,1-4H3,(H2,22,24,28). The lowest BCUT2D eigenvalue weighted by molar-refractivity contribution is 0.239. The molecule has 0 unspecified atom stereocenters. The Hall–Kier alpha value is -2.80. The SMILES string of the molecule is CNC(=S)NN=Cc1cccc(OC)c1OCCCOc1ccc(C)cc1C. The number of nitrogens with zero attached hydrogens (tertiary/aromatic N) is 1. The van der Waals surface area contributed by atoms with Crippen LogP contribution in [-0.4, -0.2) is 38.7 Å². The molecule has 0 spiro atoms. The van der Waals surface area contributed by atoms with E-state index in [1.165, 1.54) is 5.56 Å². The van der Waals surface area contributed by atoms with E-state index >= 15 is 0 Å². The van der Waals surface area contributed by atoms with Gasteiger partial charge in [-0.1, -0.05) is 23.8 Å². The smallest absolute Gasteiger partial charge is 0.186 e. The third kappa shape index (κ3) is 6.42. The minimum Gasteiger partial charge on any atom is -0.493 e. The number of para-hydroxylation sites is 1. The summed E-state index contributed by atoms with van der Waals surface area (Å²) in [4.78, 5) is 0. The number of methoxy groups -OCH3 is 1. The van der Waals surface area contributed by atoms with Crippen molar-refractivity contribution in [1.29, 1.82) is 0 Å². The minimum absolute atomic E-state index is 0.435. The highest BCUT2D eigenvalue weighted by Crippen LogP contribution is 2.30. The van der Waals surface area contributed by atoms with Crippen molar-refractivity contribution in [2.45, 2.75) is 20.3 Å². The predicted molar refractivity (Wildman–Crippen MR) is 117 cm³/mol. The third-order valence-corrected chi connectivity index (χ3v) is 4.24. The van der Waals surface area contributed by atoms with Gasteiger partial charge in [0.15, 0.2) is 16.6 Å². The van der Waals surface area contributed by atoms with E-state index in [2.05, 4.69) is 28.8 Å². The van der Waals surface area contributed by atoms with E-state index in [9.17, 15) is 0 Å². The van der Waals surface area contributed by atoms with E-state index in [0.29, 0.717) is 29.8 Å². The second kappa shape index (κ2) is 11.1. The zero-order chi connectivity index (χ0) is 20.4. The summed E-state index contributed by atoms with van der Waals surface area (Å²) in [5, 5.41) is 7.34. The maximum atomic E-state index is 5.96. The summed E-state index contributed by atoms with van der Waals surface area (Å²) >= 11 is 5.00. The Morgan fingerprint density at radius 1 is 1.11 bits per heavy atom. The second-order valence-electron chi connectivity index (χ2n) is 6.15. The van der Waals surface area contributed by atoms with Crippen LogP contribution in [0.1, 0.15) is 23.1 Å². The van der Waals surface area contributed by atoms with Crippen molar-refractivity contribution in [1.82, 2.24) is 10.7 Å². The zero-order valence-corrected chi connectivity index (χ0v) is 17.6. The molecule has 0 saturated heterocycles. The van der Waals surface area contributed by atoms with Crippen molar-refractivity contribution >= 4 is 23.5 Å². The summed E-state index contributed by atoms with van der Waals surface area (Å²) in [7, 11) is 3.34. The topological polar surface area (TPSA) is 64.1 Å². The number of hydrazone groups is 1. The number of hydrogen-bond donors (Lipinski definition) is 2. The van der Waals surface area contributed by atoms with Crippen LogP contribution in [0.2, 0.25) is 0 Å². The first kappa shape index (κ1) is 21.5. The largest absolute Gasteiger partial charge is 0.493 e. The maximum absolute atomic E-state index is 5.96. The Labute approximate surface area is 171 Å². The van der Waals surface area contributed by atoms with Crippen LogP contribution >= 0.6 is 12.2 Å². The van der Waals surface area contributed by atoms with Crippen molar-refractivity contribution in [3.05, 3.63) is 53.1 Å². The van der Waals surface area contributed by atoms with E-state index in [0.717, 1.165) is 23.3 Å². The molecule has 6 nitrogen and oxygen atoms in total. The first-order chi connectivity index (χ1) is 13.5. The molecule has 2 aromatic rings. The maximum Gasteiger partial charge on any atom is 0.186 e. The molecule has 2 aromatic carbocycles. The van der Waals surface area contributed by atoms with Gasteiger partial charge < -0.3 is 19.5 Å².